The Balaban J connectivity index is 1.69. The molecule has 1 aliphatic rings. The smallest absolute Gasteiger partial charge is 0.229 e. The first kappa shape index (κ1) is 20.6. The highest BCUT2D eigenvalue weighted by molar-refractivity contribution is 6.30. The van der Waals surface area contributed by atoms with Gasteiger partial charge < -0.3 is 15.2 Å². The molecular weight excluding hydrogens is 376 g/mol. The molecule has 5 nitrogen and oxygen atoms in total. The zero-order valence-electron chi connectivity index (χ0n) is 16.2. The van der Waals surface area contributed by atoms with Gasteiger partial charge in [0.1, 0.15) is 12.4 Å². The minimum Gasteiger partial charge on any atom is -0.491 e. The van der Waals surface area contributed by atoms with Gasteiger partial charge in [-0.2, -0.15) is 0 Å². The highest BCUT2D eigenvalue weighted by Crippen LogP contribution is 2.37. The summed E-state index contributed by atoms with van der Waals surface area (Å²) in [6, 6.07) is 15.6. The first-order chi connectivity index (χ1) is 13.6. The lowest BCUT2D eigenvalue weighted by molar-refractivity contribution is -0.142. The Hall–Kier alpha value is -2.08. The number of carbonyl (C=O) groups excluding carboxylic acids is 1. The Morgan fingerprint density at radius 1 is 1.21 bits per heavy atom. The van der Waals surface area contributed by atoms with Crippen LogP contribution in [0.25, 0.3) is 0 Å². The van der Waals surface area contributed by atoms with Crippen molar-refractivity contribution in [2.75, 3.05) is 32.8 Å². The summed E-state index contributed by atoms with van der Waals surface area (Å²) in [6.07, 6.45) is 0.690. The van der Waals surface area contributed by atoms with Crippen LogP contribution in [0.2, 0.25) is 5.02 Å². The Bertz CT molecular complexity index is 789. The van der Waals surface area contributed by atoms with E-state index in [0.717, 1.165) is 16.9 Å². The number of likely N-dealkylation sites (tertiary alicyclic amines) is 1. The summed E-state index contributed by atoms with van der Waals surface area (Å²) in [4.78, 5) is 15.1. The van der Waals surface area contributed by atoms with Crippen LogP contribution in [0.4, 0.5) is 0 Å². The molecule has 3 rings (SSSR count). The number of rotatable bonds is 9. The molecule has 0 aliphatic carbocycles. The largest absolute Gasteiger partial charge is 0.491 e. The summed E-state index contributed by atoms with van der Waals surface area (Å²) >= 11 is 5.99. The lowest BCUT2D eigenvalue weighted by Gasteiger charge is -2.49. The molecule has 0 radical (unpaired) electrons. The molecule has 0 spiro atoms. The van der Waals surface area contributed by atoms with Crippen molar-refractivity contribution in [3.63, 3.8) is 0 Å². The second-order valence-corrected chi connectivity index (χ2v) is 7.70. The summed E-state index contributed by atoms with van der Waals surface area (Å²) in [7, 11) is 0. The molecule has 0 aromatic heterocycles. The molecular formula is C22H27ClN2O3. The predicted molar refractivity (Wildman–Crippen MR) is 111 cm³/mol. The molecule has 0 bridgehead atoms. The van der Waals surface area contributed by atoms with Gasteiger partial charge in [-0.1, -0.05) is 41.9 Å². The summed E-state index contributed by atoms with van der Waals surface area (Å²) in [5, 5.41) is 12.7. The van der Waals surface area contributed by atoms with Gasteiger partial charge in [0.2, 0.25) is 5.91 Å². The average Bonchev–Trinajstić information content (AvgIpc) is 2.67. The molecule has 1 heterocycles. The molecule has 1 aliphatic heterocycles. The van der Waals surface area contributed by atoms with Crippen LogP contribution in [0.5, 0.6) is 5.75 Å². The van der Waals surface area contributed by atoms with Crippen LogP contribution < -0.4 is 10.1 Å². The summed E-state index contributed by atoms with van der Waals surface area (Å²) in [5.74, 6) is 0.885. The molecule has 1 saturated heterocycles. The van der Waals surface area contributed by atoms with E-state index in [1.165, 1.54) is 0 Å². The SMILES string of the molecule is CCNC(=O)C1(Cc2ccc(Cl)cc2)CN(Cc2ccccc2OCCO)C1. The van der Waals surface area contributed by atoms with Crippen molar-refractivity contribution in [2.24, 2.45) is 5.41 Å². The lowest BCUT2D eigenvalue weighted by atomic mass is 9.73. The molecule has 150 valence electrons. The molecule has 0 atom stereocenters. The fraction of sp³-hybridized carbons (Fsp3) is 0.409. The van der Waals surface area contributed by atoms with Crippen molar-refractivity contribution in [1.82, 2.24) is 10.2 Å². The lowest BCUT2D eigenvalue weighted by Crippen LogP contribution is -2.63. The minimum absolute atomic E-state index is 0.0144. The van der Waals surface area contributed by atoms with Crippen molar-refractivity contribution in [1.29, 1.82) is 0 Å². The molecule has 0 saturated carbocycles. The predicted octanol–water partition coefficient (Wildman–Crippen LogP) is 2.89. The Labute approximate surface area is 171 Å². The standard InChI is InChI=1S/C22H27ClN2O3/c1-2-24-21(27)22(13-17-7-9-19(23)10-8-17)15-25(16-22)14-18-5-3-4-6-20(18)28-12-11-26/h3-10,26H,2,11-16H2,1H3,(H,24,27). The fourth-order valence-electron chi connectivity index (χ4n) is 3.77. The number of nitrogens with zero attached hydrogens (tertiary/aromatic N) is 1. The van der Waals surface area contributed by atoms with E-state index in [1.807, 2.05) is 55.5 Å². The summed E-state index contributed by atoms with van der Waals surface area (Å²) in [5.41, 5.74) is 1.75. The van der Waals surface area contributed by atoms with Crippen LogP contribution in [0.1, 0.15) is 18.1 Å². The van der Waals surface area contributed by atoms with Crippen LogP contribution in [0, 0.1) is 5.41 Å². The Morgan fingerprint density at radius 2 is 1.93 bits per heavy atom. The van der Waals surface area contributed by atoms with Gasteiger partial charge in [-0.3, -0.25) is 9.69 Å². The van der Waals surface area contributed by atoms with E-state index >= 15 is 0 Å². The van der Waals surface area contributed by atoms with Crippen LogP contribution >= 0.6 is 11.6 Å². The average molecular weight is 403 g/mol. The molecule has 1 amide bonds. The second-order valence-electron chi connectivity index (χ2n) is 7.27. The van der Waals surface area contributed by atoms with Crippen LogP contribution in [0.15, 0.2) is 48.5 Å². The maximum atomic E-state index is 12.8. The second kappa shape index (κ2) is 9.41. The van der Waals surface area contributed by atoms with E-state index in [-0.39, 0.29) is 19.1 Å². The molecule has 2 aromatic carbocycles. The number of nitrogens with one attached hydrogen (secondary N) is 1. The van der Waals surface area contributed by atoms with Crippen molar-refractivity contribution in [3.05, 3.63) is 64.7 Å². The van der Waals surface area contributed by atoms with Gasteiger partial charge in [-0.15, -0.1) is 0 Å². The van der Waals surface area contributed by atoms with E-state index in [4.69, 9.17) is 21.4 Å². The van der Waals surface area contributed by atoms with Gasteiger partial charge in [0.15, 0.2) is 0 Å². The number of aliphatic hydroxyl groups is 1. The molecule has 2 N–H and O–H groups in total. The van der Waals surface area contributed by atoms with E-state index in [1.54, 1.807) is 0 Å². The van der Waals surface area contributed by atoms with Gasteiger partial charge in [0.05, 0.1) is 12.0 Å². The van der Waals surface area contributed by atoms with Crippen LogP contribution in [0.3, 0.4) is 0 Å². The van der Waals surface area contributed by atoms with Crippen molar-refractivity contribution >= 4 is 17.5 Å². The number of benzene rings is 2. The topological polar surface area (TPSA) is 61.8 Å². The first-order valence-corrected chi connectivity index (χ1v) is 10.0. The van der Waals surface area contributed by atoms with Crippen LogP contribution in [-0.2, 0) is 17.8 Å². The summed E-state index contributed by atoms with van der Waals surface area (Å²) in [6.45, 7) is 4.92. The number of ether oxygens (including phenoxy) is 1. The number of amides is 1. The van der Waals surface area contributed by atoms with Crippen molar-refractivity contribution in [3.8, 4) is 5.75 Å². The summed E-state index contributed by atoms with van der Waals surface area (Å²) < 4.78 is 5.63. The third kappa shape index (κ3) is 4.85. The fourth-order valence-corrected chi connectivity index (χ4v) is 3.90. The number of aliphatic hydroxyl groups excluding tert-OH is 1. The van der Waals surface area contributed by atoms with E-state index < -0.39 is 5.41 Å². The number of para-hydroxylation sites is 1. The number of hydrogen-bond acceptors (Lipinski definition) is 4. The number of carbonyl (C=O) groups is 1. The maximum absolute atomic E-state index is 12.8. The maximum Gasteiger partial charge on any atom is 0.229 e. The van der Waals surface area contributed by atoms with E-state index in [2.05, 4.69) is 10.2 Å². The van der Waals surface area contributed by atoms with Crippen LogP contribution in [-0.4, -0.2) is 48.8 Å². The molecule has 2 aromatic rings. The molecule has 1 fully saturated rings. The van der Waals surface area contributed by atoms with Gasteiger partial charge in [-0.25, -0.2) is 0 Å². The number of hydrogen-bond donors (Lipinski definition) is 2. The minimum atomic E-state index is -0.426. The van der Waals surface area contributed by atoms with Crippen molar-refractivity contribution < 1.29 is 14.6 Å². The highest BCUT2D eigenvalue weighted by Gasteiger charge is 2.48. The Kier molecular flexibility index (Phi) is 6.94. The quantitative estimate of drug-likeness (QED) is 0.677. The molecule has 28 heavy (non-hydrogen) atoms. The zero-order chi connectivity index (χ0) is 20.0. The molecule has 6 heteroatoms. The third-order valence-corrected chi connectivity index (χ3v) is 5.29. The van der Waals surface area contributed by atoms with Crippen molar-refractivity contribution in [2.45, 2.75) is 19.9 Å². The highest BCUT2D eigenvalue weighted by atomic mass is 35.5. The van der Waals surface area contributed by atoms with Gasteiger partial charge in [0, 0.05) is 36.8 Å². The van der Waals surface area contributed by atoms with Gasteiger partial charge in [0.25, 0.3) is 0 Å². The van der Waals surface area contributed by atoms with E-state index in [9.17, 15) is 4.79 Å². The Morgan fingerprint density at radius 3 is 2.61 bits per heavy atom. The van der Waals surface area contributed by atoms with E-state index in [0.29, 0.717) is 37.6 Å². The zero-order valence-corrected chi connectivity index (χ0v) is 16.9. The molecule has 0 unspecified atom stereocenters. The van der Waals surface area contributed by atoms with Gasteiger partial charge >= 0.3 is 0 Å². The monoisotopic (exact) mass is 402 g/mol. The number of halogens is 1. The third-order valence-electron chi connectivity index (χ3n) is 5.04. The van der Waals surface area contributed by atoms with Gasteiger partial charge in [-0.05, 0) is 37.1 Å². The first-order valence-electron chi connectivity index (χ1n) is 9.63. The normalized spacial score (nSPS) is 15.7.